The van der Waals surface area contributed by atoms with Crippen molar-refractivity contribution < 1.29 is 19.3 Å². The fourth-order valence-electron chi connectivity index (χ4n) is 1.70. The molecule has 0 radical (unpaired) electrons. The van der Waals surface area contributed by atoms with Gasteiger partial charge < -0.3 is 9.15 Å². The maximum atomic E-state index is 10.5. The molecule has 0 aliphatic heterocycles. The van der Waals surface area contributed by atoms with Crippen LogP contribution in [0.1, 0.15) is 12.7 Å². The van der Waals surface area contributed by atoms with E-state index < -0.39 is 4.92 Å². The summed E-state index contributed by atoms with van der Waals surface area (Å²) in [5, 5.41) is 27.3. The highest BCUT2D eigenvalue weighted by Crippen LogP contribution is 2.18. The van der Waals surface area contributed by atoms with Crippen molar-refractivity contribution in [2.45, 2.75) is 6.92 Å². The second kappa shape index (κ2) is 8.36. The Bertz CT molecular complexity index is 823. The molecule has 130 valence electrons. The minimum absolute atomic E-state index is 0.0905. The van der Waals surface area contributed by atoms with Crippen molar-refractivity contribution in [2.75, 3.05) is 7.11 Å². The summed E-state index contributed by atoms with van der Waals surface area (Å²) >= 11 is 0. The maximum absolute atomic E-state index is 10.5. The van der Waals surface area contributed by atoms with Crippen molar-refractivity contribution in [3.63, 3.8) is 0 Å². The quantitative estimate of drug-likeness (QED) is 0.358. The van der Waals surface area contributed by atoms with Crippen molar-refractivity contribution in [3.05, 3.63) is 52.3 Å². The van der Waals surface area contributed by atoms with Gasteiger partial charge in [0, 0.05) is 0 Å². The van der Waals surface area contributed by atoms with Gasteiger partial charge in [-0.3, -0.25) is 20.8 Å². The molecule has 0 fully saturated rings. The fraction of sp³-hybridized carbons (Fsp3) is 0.133. The number of nitro groups is 1. The second-order valence-electron chi connectivity index (χ2n) is 4.63. The second-order valence-corrected chi connectivity index (χ2v) is 4.63. The molecule has 0 aliphatic rings. The number of hydrogen-bond acceptors (Lipinski definition) is 8. The van der Waals surface area contributed by atoms with E-state index in [2.05, 4.69) is 15.2 Å². The van der Waals surface area contributed by atoms with Crippen LogP contribution >= 0.6 is 0 Å². The number of hydrogen-bond donors (Lipinski definition) is 2. The number of nitrogens with one attached hydrogen (secondary N) is 1. The number of methoxy groups -OCH3 is 1. The van der Waals surface area contributed by atoms with Crippen LogP contribution < -0.4 is 10.2 Å². The van der Waals surface area contributed by atoms with Crippen molar-refractivity contribution in [3.8, 4) is 5.75 Å². The highest BCUT2D eigenvalue weighted by molar-refractivity contribution is 6.40. The topological polar surface area (TPSA) is 135 Å². The smallest absolute Gasteiger partial charge is 0.433 e. The standard InChI is InChI=1S/C15H15N5O5/c1-10(18-16-9-13-7-8-14(25-13)20(22)23)15(19-21)17-11-3-5-12(24-2)6-4-11/h3-9,21H,1-2H3,(H,17,19)/b16-9+,18-10+. The number of benzene rings is 1. The third kappa shape index (κ3) is 4.97. The first-order valence-corrected chi connectivity index (χ1v) is 6.98. The highest BCUT2D eigenvalue weighted by atomic mass is 16.6. The molecule has 0 saturated heterocycles. The van der Waals surface area contributed by atoms with Gasteiger partial charge in [0.05, 0.1) is 25.1 Å². The summed E-state index contributed by atoms with van der Waals surface area (Å²) in [4.78, 5) is 14.1. The minimum atomic E-state index is -0.652. The first-order valence-electron chi connectivity index (χ1n) is 6.98. The Morgan fingerprint density at radius 3 is 2.60 bits per heavy atom. The van der Waals surface area contributed by atoms with Crippen LogP contribution in [0.15, 0.2) is 56.0 Å². The van der Waals surface area contributed by atoms with Gasteiger partial charge in [-0.1, -0.05) is 0 Å². The predicted octanol–water partition coefficient (Wildman–Crippen LogP) is 2.70. The first-order chi connectivity index (χ1) is 12.0. The molecule has 25 heavy (non-hydrogen) atoms. The predicted molar refractivity (Wildman–Crippen MR) is 91.1 cm³/mol. The van der Waals surface area contributed by atoms with Gasteiger partial charge in [0.2, 0.25) is 0 Å². The van der Waals surface area contributed by atoms with E-state index in [1.54, 1.807) is 38.3 Å². The molecule has 10 nitrogen and oxygen atoms in total. The van der Waals surface area contributed by atoms with Gasteiger partial charge in [0.25, 0.3) is 0 Å². The molecule has 2 rings (SSSR count). The Morgan fingerprint density at radius 2 is 2.04 bits per heavy atom. The zero-order valence-electron chi connectivity index (χ0n) is 13.4. The first kappa shape index (κ1) is 17.8. The van der Waals surface area contributed by atoms with Gasteiger partial charge in [-0.2, -0.15) is 10.2 Å². The fourth-order valence-corrected chi connectivity index (χ4v) is 1.70. The monoisotopic (exact) mass is 345 g/mol. The van der Waals surface area contributed by atoms with Crippen LogP contribution in [-0.2, 0) is 0 Å². The Kier molecular flexibility index (Phi) is 5.96. The summed E-state index contributed by atoms with van der Waals surface area (Å²) < 4.78 is 9.96. The zero-order chi connectivity index (χ0) is 18.2. The van der Waals surface area contributed by atoms with Crippen LogP contribution in [0.5, 0.6) is 5.75 Å². The lowest BCUT2D eigenvalue weighted by molar-refractivity contribution is -0.402. The lowest BCUT2D eigenvalue weighted by atomic mass is 10.3. The largest absolute Gasteiger partial charge is 0.497 e. The van der Waals surface area contributed by atoms with Crippen molar-refractivity contribution in [1.29, 1.82) is 0 Å². The number of furan rings is 1. The van der Waals surface area contributed by atoms with E-state index in [1.165, 1.54) is 18.3 Å². The van der Waals surface area contributed by atoms with E-state index in [0.717, 1.165) is 0 Å². The zero-order valence-corrected chi connectivity index (χ0v) is 13.4. The van der Waals surface area contributed by atoms with E-state index in [4.69, 9.17) is 9.15 Å². The molecule has 0 spiro atoms. The van der Waals surface area contributed by atoms with Gasteiger partial charge >= 0.3 is 5.88 Å². The summed E-state index contributed by atoms with van der Waals surface area (Å²) in [5.74, 6) is 0.558. The lowest BCUT2D eigenvalue weighted by Gasteiger charge is -2.04. The Labute approximate surface area is 142 Å². The average molecular weight is 345 g/mol. The molecule has 2 N–H and O–H groups in total. The maximum Gasteiger partial charge on any atom is 0.433 e. The third-order valence-corrected chi connectivity index (χ3v) is 2.95. The molecule has 0 saturated carbocycles. The molecule has 0 unspecified atom stereocenters. The molecule has 10 heteroatoms. The van der Waals surface area contributed by atoms with E-state index in [-0.39, 0.29) is 23.2 Å². The lowest BCUT2D eigenvalue weighted by Crippen LogP contribution is -2.26. The van der Waals surface area contributed by atoms with E-state index >= 15 is 0 Å². The Hall–Kier alpha value is -3.53. The number of ether oxygens (including phenoxy) is 1. The van der Waals surface area contributed by atoms with Gasteiger partial charge in [-0.15, -0.1) is 0 Å². The van der Waals surface area contributed by atoms with Crippen LogP contribution in [0.4, 0.5) is 11.6 Å². The number of nitrogens with zero attached hydrogens (tertiary/aromatic N) is 4. The van der Waals surface area contributed by atoms with Gasteiger partial charge in [-0.05, 0) is 37.3 Å². The van der Waals surface area contributed by atoms with Crippen LogP contribution in [0.3, 0.4) is 0 Å². The number of aliphatic imine (C=N–C) groups is 1. The molecular formula is C15H15N5O5. The minimum Gasteiger partial charge on any atom is -0.497 e. The van der Waals surface area contributed by atoms with Crippen molar-refractivity contribution in [1.82, 2.24) is 5.48 Å². The molecule has 2 aromatic rings. The Morgan fingerprint density at radius 1 is 1.32 bits per heavy atom. The SMILES string of the molecule is COc1ccc(N=C(NO)/C(C)=N/N=C/c2ccc([N+](=O)[O-])o2)cc1. The average Bonchev–Trinajstić information content (AvgIpc) is 3.09. The molecular weight excluding hydrogens is 330 g/mol. The molecule has 1 aromatic heterocycles. The van der Waals surface area contributed by atoms with Crippen LogP contribution in [0, 0.1) is 10.1 Å². The van der Waals surface area contributed by atoms with E-state index in [9.17, 15) is 15.3 Å². The molecule has 0 amide bonds. The summed E-state index contributed by atoms with van der Waals surface area (Å²) in [7, 11) is 1.56. The molecule has 1 aromatic carbocycles. The molecule has 1 heterocycles. The van der Waals surface area contributed by atoms with Gasteiger partial charge in [-0.25, -0.2) is 4.99 Å². The van der Waals surface area contributed by atoms with Crippen molar-refractivity contribution >= 4 is 29.3 Å². The summed E-state index contributed by atoms with van der Waals surface area (Å²) in [6.45, 7) is 1.58. The summed E-state index contributed by atoms with van der Waals surface area (Å²) in [5.41, 5.74) is 2.80. The van der Waals surface area contributed by atoms with Gasteiger partial charge in [0.15, 0.2) is 11.6 Å². The van der Waals surface area contributed by atoms with Crippen LogP contribution in [-0.4, -0.2) is 35.0 Å². The molecule has 0 aliphatic carbocycles. The van der Waals surface area contributed by atoms with Crippen LogP contribution in [0.2, 0.25) is 0 Å². The van der Waals surface area contributed by atoms with Crippen molar-refractivity contribution in [2.24, 2.45) is 15.2 Å². The number of hydroxylamine groups is 1. The van der Waals surface area contributed by atoms with E-state index in [1.807, 2.05) is 5.48 Å². The molecule has 0 bridgehead atoms. The third-order valence-electron chi connectivity index (χ3n) is 2.95. The molecule has 0 atom stereocenters. The Balaban J connectivity index is 2.12. The highest BCUT2D eigenvalue weighted by Gasteiger charge is 2.10. The summed E-state index contributed by atoms with van der Waals surface area (Å²) in [6, 6.07) is 9.46. The van der Waals surface area contributed by atoms with Gasteiger partial charge in [0.1, 0.15) is 16.4 Å². The number of amidine groups is 1. The normalized spacial score (nSPS) is 12.4. The number of rotatable bonds is 6. The van der Waals surface area contributed by atoms with Crippen LogP contribution in [0.25, 0.3) is 0 Å². The summed E-state index contributed by atoms with van der Waals surface area (Å²) in [6.07, 6.45) is 1.21. The van der Waals surface area contributed by atoms with E-state index in [0.29, 0.717) is 11.4 Å².